The van der Waals surface area contributed by atoms with E-state index in [4.69, 9.17) is 21.3 Å². The minimum absolute atomic E-state index is 0.659. The quantitative estimate of drug-likeness (QED) is 0.405. The maximum atomic E-state index is 6.19. The Labute approximate surface area is 167 Å². The summed E-state index contributed by atoms with van der Waals surface area (Å²) >= 11 is 6.01. The first-order valence-corrected chi connectivity index (χ1v) is 9.33. The van der Waals surface area contributed by atoms with Crippen molar-refractivity contribution in [3.05, 3.63) is 101 Å². The molecule has 0 spiro atoms. The molecule has 0 N–H and O–H groups in total. The second-order valence-electron chi connectivity index (χ2n) is 6.48. The van der Waals surface area contributed by atoms with Crippen molar-refractivity contribution in [1.29, 1.82) is 0 Å². The molecule has 0 atom stereocenters. The molecule has 0 saturated heterocycles. The minimum atomic E-state index is 0.659. The molecule has 4 heteroatoms. The van der Waals surface area contributed by atoms with Crippen LogP contribution in [0.15, 0.2) is 85.1 Å². The summed E-state index contributed by atoms with van der Waals surface area (Å²) < 4.78 is 6.19. The van der Waals surface area contributed by atoms with Gasteiger partial charge < -0.3 is 4.74 Å². The third-order valence-corrected chi connectivity index (χ3v) is 4.87. The Kier molecular flexibility index (Phi) is 4.15. The Morgan fingerprint density at radius 2 is 1.54 bits per heavy atom. The summed E-state index contributed by atoms with van der Waals surface area (Å²) in [6.07, 6.45) is 3.84. The van der Waals surface area contributed by atoms with E-state index in [1.165, 1.54) is 0 Å². The van der Waals surface area contributed by atoms with Gasteiger partial charge in [-0.25, -0.2) is 9.97 Å². The molecule has 5 rings (SSSR count). The zero-order valence-electron chi connectivity index (χ0n) is 14.8. The zero-order valence-corrected chi connectivity index (χ0v) is 15.6. The molecule has 2 heterocycles. The smallest absolute Gasteiger partial charge is 0.159 e. The molecule has 3 nitrogen and oxygen atoms in total. The van der Waals surface area contributed by atoms with Crippen LogP contribution in [0.4, 0.5) is 0 Å². The number of benzene rings is 3. The molecule has 0 saturated carbocycles. The summed E-state index contributed by atoms with van der Waals surface area (Å²) in [6, 6.07) is 25.6. The summed E-state index contributed by atoms with van der Waals surface area (Å²) in [7, 11) is 0. The summed E-state index contributed by atoms with van der Waals surface area (Å²) in [6.45, 7) is 0. The molecular weight excluding hydrogens is 368 g/mol. The molecule has 4 aromatic rings. The lowest BCUT2D eigenvalue weighted by atomic mass is 10.00. The van der Waals surface area contributed by atoms with Gasteiger partial charge in [-0.05, 0) is 48.0 Å². The molecule has 28 heavy (non-hydrogen) atoms. The largest absolute Gasteiger partial charge is 0.456 e. The van der Waals surface area contributed by atoms with Crippen molar-refractivity contribution in [1.82, 2.24) is 9.97 Å². The van der Waals surface area contributed by atoms with Gasteiger partial charge in [-0.2, -0.15) is 0 Å². The Hall–Kier alpha value is -3.43. The maximum Gasteiger partial charge on any atom is 0.159 e. The fourth-order valence-corrected chi connectivity index (χ4v) is 3.36. The fraction of sp³-hybridized carbons (Fsp3) is 0. The van der Waals surface area contributed by atoms with Gasteiger partial charge in [0.2, 0.25) is 0 Å². The zero-order chi connectivity index (χ0) is 18.9. The molecule has 0 radical (unpaired) electrons. The summed E-state index contributed by atoms with van der Waals surface area (Å²) in [5.74, 6) is 2.19. The third kappa shape index (κ3) is 3.06. The lowest BCUT2D eigenvalue weighted by Gasteiger charge is -2.22. The van der Waals surface area contributed by atoms with Crippen molar-refractivity contribution in [2.75, 3.05) is 0 Å². The van der Waals surface area contributed by atoms with Gasteiger partial charge in [0.15, 0.2) is 5.82 Å². The topological polar surface area (TPSA) is 35.0 Å². The lowest BCUT2D eigenvalue weighted by molar-refractivity contribution is 0.513. The summed E-state index contributed by atoms with van der Waals surface area (Å²) in [5.41, 5.74) is 4.68. The second kappa shape index (κ2) is 6.95. The van der Waals surface area contributed by atoms with E-state index in [9.17, 15) is 0 Å². The predicted molar refractivity (Wildman–Crippen MR) is 113 cm³/mol. The van der Waals surface area contributed by atoms with Crippen LogP contribution in [0.1, 0.15) is 11.1 Å². The highest BCUT2D eigenvalue weighted by Crippen LogP contribution is 2.41. The van der Waals surface area contributed by atoms with E-state index in [2.05, 4.69) is 4.98 Å². The van der Waals surface area contributed by atoms with Gasteiger partial charge in [0, 0.05) is 22.3 Å². The number of halogens is 1. The predicted octanol–water partition coefficient (Wildman–Crippen LogP) is 6.35. The Bertz CT molecular complexity index is 1180. The monoisotopic (exact) mass is 382 g/mol. The normalized spacial score (nSPS) is 13.5. The van der Waals surface area contributed by atoms with Gasteiger partial charge in [0.05, 0.1) is 11.3 Å². The van der Waals surface area contributed by atoms with Crippen LogP contribution < -0.4 is 4.74 Å². The highest BCUT2D eigenvalue weighted by Gasteiger charge is 2.24. The number of para-hydroxylation sites is 1. The Balaban J connectivity index is 1.68. The summed E-state index contributed by atoms with van der Waals surface area (Å²) in [4.78, 5) is 9.45. The van der Waals surface area contributed by atoms with Crippen molar-refractivity contribution in [3.8, 4) is 28.4 Å². The van der Waals surface area contributed by atoms with Crippen LogP contribution in [0.2, 0.25) is 5.02 Å². The van der Waals surface area contributed by atoms with Gasteiger partial charge in [-0.15, -0.1) is 0 Å². The van der Waals surface area contributed by atoms with Crippen molar-refractivity contribution < 1.29 is 4.74 Å². The molecular formula is C24H15ClN2O. The van der Waals surface area contributed by atoms with E-state index >= 15 is 0 Å². The second-order valence-corrected chi connectivity index (χ2v) is 6.92. The molecule has 0 amide bonds. The Morgan fingerprint density at radius 3 is 2.36 bits per heavy atom. The number of rotatable bonds is 2. The molecule has 134 valence electrons. The number of hydrogen-bond donors (Lipinski definition) is 0. The molecule has 1 aromatic heterocycles. The van der Waals surface area contributed by atoms with Crippen LogP contribution in [0.3, 0.4) is 0 Å². The average molecular weight is 383 g/mol. The maximum absolute atomic E-state index is 6.19. The van der Waals surface area contributed by atoms with Crippen molar-refractivity contribution in [2.24, 2.45) is 0 Å². The average Bonchev–Trinajstić information content (AvgIpc) is 2.75. The van der Waals surface area contributed by atoms with E-state index in [-0.39, 0.29) is 0 Å². The van der Waals surface area contributed by atoms with Crippen molar-refractivity contribution in [2.45, 2.75) is 0 Å². The highest BCUT2D eigenvalue weighted by atomic mass is 35.5. The SMILES string of the molecule is Clc1ccc(-c2ncc3c(n2)-c2ccccc2O/C3=C\c2ccccc2)cc1. The van der Waals surface area contributed by atoms with Crippen molar-refractivity contribution in [3.63, 3.8) is 0 Å². The van der Waals surface area contributed by atoms with Crippen molar-refractivity contribution >= 4 is 23.4 Å². The number of nitrogens with zero attached hydrogens (tertiary/aromatic N) is 2. The van der Waals surface area contributed by atoms with E-state index < -0.39 is 0 Å². The summed E-state index contributed by atoms with van der Waals surface area (Å²) in [5, 5.41) is 0.688. The minimum Gasteiger partial charge on any atom is -0.456 e. The molecule has 0 unspecified atom stereocenters. The molecule has 1 aliphatic rings. The standard InChI is InChI=1S/C24H15ClN2O/c25-18-12-10-17(11-13-18)24-26-15-20-22(14-16-6-2-1-3-7-16)28-21-9-5-4-8-19(21)23(20)27-24/h1-15H/b22-14-. The van der Waals surface area contributed by atoms with Crippen LogP contribution >= 0.6 is 11.6 Å². The van der Waals surface area contributed by atoms with Gasteiger partial charge in [-0.1, -0.05) is 54.1 Å². The van der Waals surface area contributed by atoms with Gasteiger partial charge in [-0.3, -0.25) is 0 Å². The molecule has 1 aliphatic heterocycles. The van der Waals surface area contributed by atoms with Crippen LogP contribution in [-0.2, 0) is 0 Å². The Morgan fingerprint density at radius 1 is 0.786 bits per heavy atom. The first-order chi connectivity index (χ1) is 13.8. The van der Waals surface area contributed by atoms with Gasteiger partial charge in [0.25, 0.3) is 0 Å². The fourth-order valence-electron chi connectivity index (χ4n) is 3.24. The number of hydrogen-bond acceptors (Lipinski definition) is 3. The number of aromatic nitrogens is 2. The molecule has 3 aromatic carbocycles. The highest BCUT2D eigenvalue weighted by molar-refractivity contribution is 6.30. The first kappa shape index (κ1) is 16.7. The number of fused-ring (bicyclic) bond motifs is 3. The molecule has 0 fully saturated rings. The third-order valence-electron chi connectivity index (χ3n) is 4.62. The lowest BCUT2D eigenvalue weighted by Crippen LogP contribution is -2.08. The molecule has 0 bridgehead atoms. The van der Waals surface area contributed by atoms with Crippen LogP contribution in [0.25, 0.3) is 34.5 Å². The van der Waals surface area contributed by atoms with Gasteiger partial charge >= 0.3 is 0 Å². The van der Waals surface area contributed by atoms with E-state index in [0.717, 1.165) is 39.5 Å². The molecule has 0 aliphatic carbocycles. The van der Waals surface area contributed by atoms with Crippen LogP contribution in [0, 0.1) is 0 Å². The van der Waals surface area contributed by atoms with Gasteiger partial charge in [0.1, 0.15) is 11.5 Å². The van der Waals surface area contributed by atoms with Crippen LogP contribution in [0.5, 0.6) is 5.75 Å². The van der Waals surface area contributed by atoms with E-state index in [1.807, 2.05) is 91.1 Å². The number of ether oxygens (including phenoxy) is 1. The van der Waals surface area contributed by atoms with E-state index in [1.54, 1.807) is 0 Å². The first-order valence-electron chi connectivity index (χ1n) is 8.95. The van der Waals surface area contributed by atoms with Crippen LogP contribution in [-0.4, -0.2) is 9.97 Å². The van der Waals surface area contributed by atoms with E-state index in [0.29, 0.717) is 10.8 Å².